The van der Waals surface area contributed by atoms with Crippen molar-refractivity contribution >= 4 is 38.6 Å². The lowest BCUT2D eigenvalue weighted by Gasteiger charge is -2.28. The van der Waals surface area contributed by atoms with Gasteiger partial charge in [-0.05, 0) is 48.0 Å². The predicted molar refractivity (Wildman–Crippen MR) is 144 cm³/mol. The van der Waals surface area contributed by atoms with Gasteiger partial charge in [-0.2, -0.15) is 0 Å². The van der Waals surface area contributed by atoms with E-state index < -0.39 is 23.5 Å². The van der Waals surface area contributed by atoms with E-state index >= 15 is 0 Å². The molecule has 0 saturated carbocycles. The number of aliphatic hydroxyl groups is 1. The highest BCUT2D eigenvalue weighted by molar-refractivity contribution is 9.10. The number of carbonyl (C=O) groups is 2. The molecule has 4 aromatic rings. The molecule has 0 saturated heterocycles. The van der Waals surface area contributed by atoms with Crippen LogP contribution in [-0.2, 0) is 11.3 Å². The van der Waals surface area contributed by atoms with Gasteiger partial charge in [0.25, 0.3) is 5.91 Å². The summed E-state index contributed by atoms with van der Waals surface area (Å²) in [5.41, 5.74) is 1.69. The molecule has 1 N–H and O–H groups in total. The Labute approximate surface area is 227 Å². The summed E-state index contributed by atoms with van der Waals surface area (Å²) in [5.74, 6) is -0.414. The van der Waals surface area contributed by atoms with E-state index in [4.69, 9.17) is 18.6 Å². The number of para-hydroxylation sites is 1. The summed E-state index contributed by atoms with van der Waals surface area (Å²) in [6, 6.07) is 18.4. The predicted octanol–water partition coefficient (Wildman–Crippen LogP) is 6.00. The number of ether oxygens (including phenoxy) is 3. The third-order valence-corrected chi connectivity index (χ3v) is 7.00. The number of ketones is 1. The zero-order valence-corrected chi connectivity index (χ0v) is 22.4. The van der Waals surface area contributed by atoms with E-state index in [1.807, 2.05) is 24.3 Å². The molecule has 1 aliphatic heterocycles. The number of amides is 1. The van der Waals surface area contributed by atoms with E-state index in [1.54, 1.807) is 49.6 Å². The lowest BCUT2D eigenvalue weighted by molar-refractivity contribution is -0.130. The number of fused-ring (bicyclic) bond motifs is 1. The summed E-state index contributed by atoms with van der Waals surface area (Å²) >= 11 is 3.42. The lowest BCUT2D eigenvalue weighted by Crippen LogP contribution is -2.31. The molecule has 2 heterocycles. The number of benzene rings is 3. The van der Waals surface area contributed by atoms with Crippen molar-refractivity contribution in [1.29, 1.82) is 0 Å². The molecule has 1 aromatic heterocycles. The number of hydrogen-bond acceptors (Lipinski definition) is 7. The molecule has 0 spiro atoms. The first-order valence-electron chi connectivity index (χ1n) is 11.7. The van der Waals surface area contributed by atoms with Crippen molar-refractivity contribution in [2.45, 2.75) is 12.6 Å². The fourth-order valence-electron chi connectivity index (χ4n) is 4.69. The normalized spacial score (nSPS) is 15.3. The topological polar surface area (TPSA) is 98.4 Å². The summed E-state index contributed by atoms with van der Waals surface area (Å²) in [6.45, 7) is 0.0791. The van der Waals surface area contributed by atoms with Gasteiger partial charge in [0.1, 0.15) is 11.3 Å². The quantitative estimate of drug-likeness (QED) is 0.256. The van der Waals surface area contributed by atoms with Crippen molar-refractivity contribution in [3.63, 3.8) is 0 Å². The molecule has 1 amide bonds. The molecule has 38 heavy (non-hydrogen) atoms. The largest absolute Gasteiger partial charge is 0.503 e. The highest BCUT2D eigenvalue weighted by Gasteiger charge is 2.45. The fraction of sp³-hybridized carbons (Fsp3) is 0.172. The van der Waals surface area contributed by atoms with Crippen LogP contribution >= 0.6 is 15.9 Å². The van der Waals surface area contributed by atoms with Crippen LogP contribution in [0.4, 0.5) is 0 Å². The Kier molecular flexibility index (Phi) is 6.86. The maximum Gasteiger partial charge on any atom is 0.290 e. The SMILES string of the molecule is COc1ccccc1CN1C(=O)C(O)=C(C(=O)c2cc3cc(Br)ccc3o2)C1c1ccc(OC)c(OC)c1. The van der Waals surface area contributed by atoms with Crippen LogP contribution in [0.15, 0.2) is 87.0 Å². The molecule has 3 aromatic carbocycles. The Bertz CT molecular complexity index is 1590. The van der Waals surface area contributed by atoms with Crippen LogP contribution in [0.1, 0.15) is 27.7 Å². The summed E-state index contributed by atoms with van der Waals surface area (Å²) in [6.07, 6.45) is 0. The Morgan fingerprint density at radius 3 is 2.42 bits per heavy atom. The summed E-state index contributed by atoms with van der Waals surface area (Å²) < 4.78 is 23.0. The van der Waals surface area contributed by atoms with Gasteiger partial charge in [-0.3, -0.25) is 9.59 Å². The number of methoxy groups -OCH3 is 3. The number of halogens is 1. The van der Waals surface area contributed by atoms with Gasteiger partial charge in [-0.15, -0.1) is 0 Å². The van der Waals surface area contributed by atoms with Crippen molar-refractivity contribution < 1.29 is 33.3 Å². The van der Waals surface area contributed by atoms with Gasteiger partial charge in [0, 0.05) is 15.4 Å². The summed E-state index contributed by atoms with van der Waals surface area (Å²) in [7, 11) is 4.56. The zero-order valence-electron chi connectivity index (χ0n) is 20.9. The van der Waals surface area contributed by atoms with Crippen LogP contribution < -0.4 is 14.2 Å². The summed E-state index contributed by atoms with van der Waals surface area (Å²) in [4.78, 5) is 28.8. The zero-order chi connectivity index (χ0) is 27.0. The van der Waals surface area contributed by atoms with Gasteiger partial charge in [0.05, 0.1) is 39.5 Å². The summed E-state index contributed by atoms with van der Waals surface area (Å²) in [5, 5.41) is 11.8. The standard InChI is InChI=1S/C29H24BrNO7/c1-35-20-7-5-4-6-17(20)15-31-26(16-8-10-22(36-2)23(13-16)37-3)25(28(33)29(31)34)27(32)24-14-18-12-19(30)9-11-21(18)38-24/h4-14,26,33H,15H2,1-3H3. The lowest BCUT2D eigenvalue weighted by atomic mass is 9.94. The molecule has 0 radical (unpaired) electrons. The molecule has 9 heteroatoms. The minimum Gasteiger partial charge on any atom is -0.503 e. The molecule has 1 unspecified atom stereocenters. The Morgan fingerprint density at radius 2 is 1.68 bits per heavy atom. The second-order valence-electron chi connectivity index (χ2n) is 8.65. The Morgan fingerprint density at radius 1 is 0.947 bits per heavy atom. The molecule has 0 fully saturated rings. The van der Waals surface area contributed by atoms with Crippen molar-refractivity contribution in [3.8, 4) is 17.2 Å². The third-order valence-electron chi connectivity index (χ3n) is 6.51. The maximum absolute atomic E-state index is 13.9. The smallest absolute Gasteiger partial charge is 0.290 e. The van der Waals surface area contributed by atoms with Crippen LogP contribution in [0.2, 0.25) is 0 Å². The highest BCUT2D eigenvalue weighted by Crippen LogP contribution is 2.43. The molecule has 0 aliphatic carbocycles. The number of hydrogen-bond donors (Lipinski definition) is 1. The molecule has 1 aliphatic rings. The average molecular weight is 578 g/mol. The molecular weight excluding hydrogens is 554 g/mol. The van der Waals surface area contributed by atoms with Crippen LogP contribution in [0.5, 0.6) is 17.2 Å². The first-order chi connectivity index (χ1) is 18.4. The fourth-order valence-corrected chi connectivity index (χ4v) is 5.07. The monoisotopic (exact) mass is 577 g/mol. The number of Topliss-reactive ketones (excluding diaryl/α,β-unsaturated/α-hetero) is 1. The van der Waals surface area contributed by atoms with Crippen molar-refractivity contribution in [3.05, 3.63) is 99.4 Å². The van der Waals surface area contributed by atoms with E-state index in [0.29, 0.717) is 39.3 Å². The van der Waals surface area contributed by atoms with Gasteiger partial charge in [0.15, 0.2) is 23.0 Å². The van der Waals surface area contributed by atoms with Crippen LogP contribution in [0.25, 0.3) is 11.0 Å². The number of aliphatic hydroxyl groups excluding tert-OH is 1. The van der Waals surface area contributed by atoms with E-state index in [9.17, 15) is 14.7 Å². The van der Waals surface area contributed by atoms with Gasteiger partial charge >= 0.3 is 0 Å². The van der Waals surface area contributed by atoms with Gasteiger partial charge in [-0.25, -0.2) is 0 Å². The van der Waals surface area contributed by atoms with Gasteiger partial charge < -0.3 is 28.6 Å². The minimum absolute atomic E-state index is 0.0112. The first-order valence-corrected chi connectivity index (χ1v) is 12.5. The third kappa shape index (κ3) is 4.39. The van der Waals surface area contributed by atoms with Crippen LogP contribution in [-0.4, -0.2) is 43.0 Å². The Hall–Kier alpha value is -4.24. The Balaban J connectivity index is 1.64. The van der Waals surface area contributed by atoms with Crippen molar-refractivity contribution in [1.82, 2.24) is 4.90 Å². The van der Waals surface area contributed by atoms with Crippen LogP contribution in [0, 0.1) is 0 Å². The molecule has 1 atom stereocenters. The van der Waals surface area contributed by atoms with Gasteiger partial charge in [0.2, 0.25) is 5.78 Å². The molecule has 0 bridgehead atoms. The van der Waals surface area contributed by atoms with E-state index in [2.05, 4.69) is 15.9 Å². The van der Waals surface area contributed by atoms with E-state index in [-0.39, 0.29) is 17.9 Å². The minimum atomic E-state index is -0.931. The highest BCUT2D eigenvalue weighted by atomic mass is 79.9. The van der Waals surface area contributed by atoms with Crippen LogP contribution in [0.3, 0.4) is 0 Å². The second kappa shape index (κ2) is 10.3. The molecular formula is C29H24BrNO7. The maximum atomic E-state index is 13.9. The molecule has 8 nitrogen and oxygen atoms in total. The second-order valence-corrected chi connectivity index (χ2v) is 9.56. The van der Waals surface area contributed by atoms with Crippen molar-refractivity contribution in [2.75, 3.05) is 21.3 Å². The van der Waals surface area contributed by atoms with E-state index in [1.165, 1.54) is 19.1 Å². The number of furan rings is 1. The number of rotatable bonds is 8. The number of nitrogens with zero attached hydrogens (tertiary/aromatic N) is 1. The first kappa shape index (κ1) is 25.4. The molecule has 5 rings (SSSR count). The molecule has 194 valence electrons. The van der Waals surface area contributed by atoms with E-state index in [0.717, 1.165) is 4.47 Å². The van der Waals surface area contributed by atoms with Crippen molar-refractivity contribution in [2.24, 2.45) is 0 Å². The van der Waals surface area contributed by atoms with Gasteiger partial charge in [-0.1, -0.05) is 40.2 Å². The average Bonchev–Trinajstić information content (AvgIpc) is 3.46. The number of carbonyl (C=O) groups excluding carboxylic acids is 2.